The van der Waals surface area contributed by atoms with Crippen molar-refractivity contribution < 1.29 is 21.6 Å². The number of rotatable bonds is 5. The molecule has 1 aromatic carbocycles. The molecule has 0 heterocycles. The molecule has 2 N–H and O–H groups in total. The van der Waals surface area contributed by atoms with E-state index in [1.165, 1.54) is 12.1 Å². The van der Waals surface area contributed by atoms with Gasteiger partial charge in [-0.25, -0.2) is 22.0 Å². The van der Waals surface area contributed by atoms with E-state index in [1.54, 1.807) is 13.8 Å². The second kappa shape index (κ2) is 5.48. The predicted octanol–water partition coefficient (Wildman–Crippen LogP) is 0.374. The molecule has 19 heavy (non-hydrogen) atoms. The van der Waals surface area contributed by atoms with Gasteiger partial charge in [0.15, 0.2) is 9.84 Å². The van der Waals surface area contributed by atoms with E-state index in [4.69, 9.17) is 9.88 Å². The third-order valence-corrected chi connectivity index (χ3v) is 4.26. The summed E-state index contributed by atoms with van der Waals surface area (Å²) in [4.78, 5) is 0.0120. The minimum atomic E-state index is -3.76. The van der Waals surface area contributed by atoms with Crippen molar-refractivity contribution in [2.24, 2.45) is 5.14 Å². The molecular formula is C11H17NO5S2. The molecular weight excluding hydrogens is 290 g/mol. The van der Waals surface area contributed by atoms with Crippen molar-refractivity contribution in [2.75, 3.05) is 18.6 Å². The van der Waals surface area contributed by atoms with Crippen LogP contribution in [0.15, 0.2) is 17.0 Å². The first-order valence-corrected chi connectivity index (χ1v) is 9.06. The molecule has 0 bridgehead atoms. The Labute approximate surface area is 113 Å². The van der Waals surface area contributed by atoms with Crippen LogP contribution in [0, 0.1) is 13.8 Å². The Bertz CT molecular complexity index is 654. The van der Waals surface area contributed by atoms with Crippen molar-refractivity contribution in [1.82, 2.24) is 0 Å². The number of hydrogen-bond acceptors (Lipinski definition) is 5. The van der Waals surface area contributed by atoms with Crippen molar-refractivity contribution >= 4 is 19.9 Å². The standard InChI is InChI=1S/C11H17NO5S2/c1-8-6-10(19(12,15)16)7-9(2)11(8)17-4-5-18(3,13)14/h6-7H,4-5H2,1-3H3,(H2,12,15,16). The summed E-state index contributed by atoms with van der Waals surface area (Å²) in [5, 5.41) is 5.05. The van der Waals surface area contributed by atoms with Gasteiger partial charge in [-0.1, -0.05) is 0 Å². The van der Waals surface area contributed by atoms with E-state index in [9.17, 15) is 16.8 Å². The summed E-state index contributed by atoms with van der Waals surface area (Å²) < 4.78 is 49.9. The Hall–Kier alpha value is -1.12. The van der Waals surface area contributed by atoms with Crippen LogP contribution in [-0.2, 0) is 19.9 Å². The first kappa shape index (κ1) is 15.9. The van der Waals surface area contributed by atoms with Gasteiger partial charge in [-0.3, -0.25) is 0 Å². The Morgan fingerprint density at radius 2 is 1.58 bits per heavy atom. The SMILES string of the molecule is Cc1cc(S(N)(=O)=O)cc(C)c1OCCS(C)(=O)=O. The van der Waals surface area contributed by atoms with Gasteiger partial charge in [-0.05, 0) is 37.1 Å². The topological polar surface area (TPSA) is 104 Å². The molecule has 0 unspecified atom stereocenters. The number of sulfonamides is 1. The smallest absolute Gasteiger partial charge is 0.238 e. The first-order chi connectivity index (χ1) is 8.50. The molecule has 6 nitrogen and oxygen atoms in total. The van der Waals surface area contributed by atoms with Crippen LogP contribution in [0.2, 0.25) is 0 Å². The lowest BCUT2D eigenvalue weighted by atomic mass is 10.1. The maximum atomic E-state index is 11.3. The van der Waals surface area contributed by atoms with Gasteiger partial charge >= 0.3 is 0 Å². The average molecular weight is 307 g/mol. The fraction of sp³-hybridized carbons (Fsp3) is 0.455. The number of hydrogen-bond donors (Lipinski definition) is 1. The van der Waals surface area contributed by atoms with Gasteiger partial charge in [-0.15, -0.1) is 0 Å². The van der Waals surface area contributed by atoms with Gasteiger partial charge in [0.2, 0.25) is 10.0 Å². The van der Waals surface area contributed by atoms with E-state index in [0.29, 0.717) is 16.9 Å². The molecule has 0 atom stereocenters. The van der Waals surface area contributed by atoms with Crippen LogP contribution in [0.25, 0.3) is 0 Å². The third kappa shape index (κ3) is 4.81. The van der Waals surface area contributed by atoms with Crippen LogP contribution in [0.4, 0.5) is 0 Å². The quantitative estimate of drug-likeness (QED) is 0.846. The summed E-state index contributed by atoms with van der Waals surface area (Å²) in [5.41, 5.74) is 1.19. The number of benzene rings is 1. The van der Waals surface area contributed by atoms with Gasteiger partial charge in [0.1, 0.15) is 12.4 Å². The van der Waals surface area contributed by atoms with Gasteiger partial charge in [0, 0.05) is 6.26 Å². The second-order valence-electron chi connectivity index (χ2n) is 4.41. The number of sulfone groups is 1. The zero-order valence-electron chi connectivity index (χ0n) is 11.0. The van der Waals surface area contributed by atoms with E-state index in [0.717, 1.165) is 6.26 Å². The highest BCUT2D eigenvalue weighted by atomic mass is 32.2. The Kier molecular flexibility index (Phi) is 4.59. The van der Waals surface area contributed by atoms with Crippen LogP contribution in [-0.4, -0.2) is 35.5 Å². The van der Waals surface area contributed by atoms with E-state index in [1.807, 2.05) is 0 Å². The van der Waals surface area contributed by atoms with Gasteiger partial charge < -0.3 is 4.74 Å². The third-order valence-electron chi connectivity index (χ3n) is 2.46. The summed E-state index contributed by atoms with van der Waals surface area (Å²) in [6.07, 6.45) is 1.13. The Morgan fingerprint density at radius 1 is 1.11 bits per heavy atom. The molecule has 1 rings (SSSR count). The fourth-order valence-electron chi connectivity index (χ4n) is 1.60. The van der Waals surface area contributed by atoms with Gasteiger partial charge in [0.05, 0.1) is 10.6 Å². The lowest BCUT2D eigenvalue weighted by Crippen LogP contribution is -2.15. The normalized spacial score (nSPS) is 12.4. The molecule has 0 aliphatic carbocycles. The van der Waals surface area contributed by atoms with E-state index in [-0.39, 0.29) is 17.3 Å². The van der Waals surface area contributed by atoms with Gasteiger partial charge in [-0.2, -0.15) is 0 Å². The molecule has 0 amide bonds. The Balaban J connectivity index is 2.99. The second-order valence-corrected chi connectivity index (χ2v) is 8.23. The summed E-state index contributed by atoms with van der Waals surface area (Å²) in [6, 6.07) is 2.80. The van der Waals surface area contributed by atoms with Crippen molar-refractivity contribution in [1.29, 1.82) is 0 Å². The highest BCUT2D eigenvalue weighted by Gasteiger charge is 2.14. The highest BCUT2D eigenvalue weighted by Crippen LogP contribution is 2.26. The maximum Gasteiger partial charge on any atom is 0.238 e. The zero-order chi connectivity index (χ0) is 14.8. The molecule has 8 heteroatoms. The molecule has 0 saturated heterocycles. The van der Waals surface area contributed by atoms with Crippen LogP contribution in [0.3, 0.4) is 0 Å². The predicted molar refractivity (Wildman–Crippen MR) is 72.5 cm³/mol. The van der Waals surface area contributed by atoms with Crippen LogP contribution in [0.1, 0.15) is 11.1 Å². The number of primary sulfonamides is 1. The lowest BCUT2D eigenvalue weighted by Gasteiger charge is -2.13. The molecule has 1 aromatic rings. The fourth-order valence-corrected chi connectivity index (χ4v) is 2.67. The molecule has 0 aliphatic heterocycles. The van der Waals surface area contributed by atoms with Crippen molar-refractivity contribution in [3.05, 3.63) is 23.3 Å². The summed E-state index contributed by atoms with van der Waals surface area (Å²) in [7, 11) is -6.85. The average Bonchev–Trinajstić information content (AvgIpc) is 2.18. The molecule has 0 radical (unpaired) electrons. The van der Waals surface area contributed by atoms with Crippen LogP contribution >= 0.6 is 0 Å². The monoisotopic (exact) mass is 307 g/mol. The maximum absolute atomic E-state index is 11.3. The van der Waals surface area contributed by atoms with Crippen LogP contribution in [0.5, 0.6) is 5.75 Å². The number of aryl methyl sites for hydroxylation is 2. The van der Waals surface area contributed by atoms with Crippen LogP contribution < -0.4 is 9.88 Å². The van der Waals surface area contributed by atoms with Gasteiger partial charge in [0.25, 0.3) is 0 Å². The number of nitrogens with two attached hydrogens (primary N) is 1. The molecule has 0 fully saturated rings. The molecule has 0 spiro atoms. The van der Waals surface area contributed by atoms with E-state index in [2.05, 4.69) is 0 Å². The molecule has 0 aromatic heterocycles. The summed E-state index contributed by atoms with van der Waals surface area (Å²) in [6.45, 7) is 3.38. The first-order valence-electron chi connectivity index (χ1n) is 5.45. The van der Waals surface area contributed by atoms with E-state index >= 15 is 0 Å². The number of ether oxygens (including phenoxy) is 1. The Morgan fingerprint density at radius 3 is 1.95 bits per heavy atom. The molecule has 108 valence electrons. The van der Waals surface area contributed by atoms with E-state index < -0.39 is 19.9 Å². The lowest BCUT2D eigenvalue weighted by molar-refractivity contribution is 0.336. The highest BCUT2D eigenvalue weighted by molar-refractivity contribution is 7.90. The van der Waals surface area contributed by atoms with Crippen molar-refractivity contribution in [3.63, 3.8) is 0 Å². The summed E-state index contributed by atoms with van der Waals surface area (Å²) >= 11 is 0. The molecule has 0 aliphatic rings. The zero-order valence-corrected chi connectivity index (χ0v) is 12.6. The largest absolute Gasteiger partial charge is 0.492 e. The minimum Gasteiger partial charge on any atom is -0.492 e. The van der Waals surface area contributed by atoms with Crippen molar-refractivity contribution in [3.8, 4) is 5.75 Å². The molecule has 0 saturated carbocycles. The van der Waals surface area contributed by atoms with Crippen molar-refractivity contribution in [2.45, 2.75) is 18.7 Å². The summed E-state index contributed by atoms with van der Waals surface area (Å²) in [5.74, 6) is 0.388. The minimum absolute atomic E-state index is 0.0120.